The zero-order valence-corrected chi connectivity index (χ0v) is 12.5. The second-order valence-corrected chi connectivity index (χ2v) is 5.81. The highest BCUT2D eigenvalue weighted by atomic mass is 35.5. The molecule has 0 bridgehead atoms. The lowest BCUT2D eigenvalue weighted by Gasteiger charge is -2.09. The predicted octanol–water partition coefficient (Wildman–Crippen LogP) is 4.62. The second-order valence-electron chi connectivity index (χ2n) is 4.15. The molecule has 0 aliphatic carbocycles. The maximum Gasteiger partial charge on any atom is 0.194 e. The van der Waals surface area contributed by atoms with Crippen molar-refractivity contribution >= 4 is 45.2 Å². The van der Waals surface area contributed by atoms with Crippen LogP contribution in [0.2, 0.25) is 10.0 Å². The zero-order valence-electron chi connectivity index (χ0n) is 10.2. The lowest BCUT2D eigenvalue weighted by Crippen LogP contribution is -2.04. The fourth-order valence-electron chi connectivity index (χ4n) is 1.97. The molecule has 2 heterocycles. The Morgan fingerprint density at radius 1 is 1.37 bits per heavy atom. The summed E-state index contributed by atoms with van der Waals surface area (Å²) in [6.07, 6.45) is 2.02. The molecule has 3 rings (SSSR count). The number of halogens is 2. The van der Waals surface area contributed by atoms with Crippen molar-refractivity contribution in [1.82, 2.24) is 9.38 Å². The fourth-order valence-corrected chi connectivity index (χ4v) is 3.12. The average molecular weight is 312 g/mol. The van der Waals surface area contributed by atoms with E-state index in [1.807, 2.05) is 30.6 Å². The molecule has 0 saturated carbocycles. The summed E-state index contributed by atoms with van der Waals surface area (Å²) >= 11 is 13.8. The topological polar surface area (TPSA) is 29.3 Å². The van der Waals surface area contributed by atoms with E-state index in [0.29, 0.717) is 16.6 Å². The molecule has 6 heteroatoms. The molecular weight excluding hydrogens is 301 g/mol. The molecule has 98 valence electrons. The van der Waals surface area contributed by atoms with Crippen molar-refractivity contribution in [2.75, 3.05) is 5.32 Å². The van der Waals surface area contributed by atoms with Gasteiger partial charge in [-0.1, -0.05) is 29.3 Å². The highest BCUT2D eigenvalue weighted by molar-refractivity contribution is 7.15. The Bertz CT molecular complexity index is 733. The van der Waals surface area contributed by atoms with Gasteiger partial charge in [-0.3, -0.25) is 4.40 Å². The molecule has 0 atom stereocenters. The van der Waals surface area contributed by atoms with Gasteiger partial charge in [-0.25, -0.2) is 4.98 Å². The van der Waals surface area contributed by atoms with Crippen molar-refractivity contribution in [1.29, 1.82) is 0 Å². The van der Waals surface area contributed by atoms with Crippen LogP contribution in [0.5, 0.6) is 0 Å². The summed E-state index contributed by atoms with van der Waals surface area (Å²) in [6.45, 7) is 2.67. The van der Waals surface area contributed by atoms with E-state index < -0.39 is 0 Å². The van der Waals surface area contributed by atoms with Gasteiger partial charge in [-0.05, 0) is 19.1 Å². The van der Waals surface area contributed by atoms with Crippen LogP contribution < -0.4 is 5.32 Å². The lowest BCUT2D eigenvalue weighted by molar-refractivity contribution is 0.995. The summed E-state index contributed by atoms with van der Waals surface area (Å²) in [6, 6.07) is 5.56. The van der Waals surface area contributed by atoms with Gasteiger partial charge in [0.1, 0.15) is 0 Å². The Labute approximate surface area is 124 Å². The van der Waals surface area contributed by atoms with Gasteiger partial charge in [-0.15, -0.1) is 11.3 Å². The van der Waals surface area contributed by atoms with Crippen LogP contribution in [0.1, 0.15) is 11.4 Å². The predicted molar refractivity (Wildman–Crippen MR) is 81.6 cm³/mol. The molecule has 0 fully saturated rings. The molecule has 1 aromatic carbocycles. The summed E-state index contributed by atoms with van der Waals surface area (Å²) < 4.78 is 2.09. The molecule has 19 heavy (non-hydrogen) atoms. The molecule has 0 radical (unpaired) electrons. The van der Waals surface area contributed by atoms with E-state index in [9.17, 15) is 0 Å². The molecule has 0 aliphatic heterocycles. The molecule has 3 nitrogen and oxygen atoms in total. The van der Waals surface area contributed by atoms with Crippen LogP contribution >= 0.6 is 34.5 Å². The Kier molecular flexibility index (Phi) is 3.39. The van der Waals surface area contributed by atoms with Gasteiger partial charge in [0.25, 0.3) is 0 Å². The number of fused-ring (bicyclic) bond motifs is 1. The third-order valence-corrected chi connectivity index (χ3v) is 4.53. The number of anilines is 1. The smallest absolute Gasteiger partial charge is 0.194 e. The highest BCUT2D eigenvalue weighted by Crippen LogP contribution is 2.30. The Morgan fingerprint density at radius 3 is 3.05 bits per heavy atom. The van der Waals surface area contributed by atoms with Crippen LogP contribution in [0.4, 0.5) is 5.69 Å². The number of rotatable bonds is 3. The largest absolute Gasteiger partial charge is 0.378 e. The highest BCUT2D eigenvalue weighted by Gasteiger charge is 2.10. The quantitative estimate of drug-likeness (QED) is 0.764. The van der Waals surface area contributed by atoms with Gasteiger partial charge in [-0.2, -0.15) is 0 Å². The molecule has 0 saturated heterocycles. The summed E-state index contributed by atoms with van der Waals surface area (Å²) in [5.41, 5.74) is 2.99. The fraction of sp³-hybridized carbons (Fsp3) is 0.154. The number of nitrogens with zero attached hydrogens (tertiary/aromatic N) is 2. The summed E-state index contributed by atoms with van der Waals surface area (Å²) in [5, 5.41) is 6.43. The van der Waals surface area contributed by atoms with Crippen molar-refractivity contribution in [2.24, 2.45) is 0 Å². The van der Waals surface area contributed by atoms with Crippen molar-refractivity contribution in [3.8, 4) is 0 Å². The van der Waals surface area contributed by atoms with Crippen LogP contribution in [0.3, 0.4) is 0 Å². The third-order valence-electron chi connectivity index (χ3n) is 2.96. The first-order valence-electron chi connectivity index (χ1n) is 5.75. The first-order valence-corrected chi connectivity index (χ1v) is 7.39. The zero-order chi connectivity index (χ0) is 13.4. The van der Waals surface area contributed by atoms with Gasteiger partial charge in [0.05, 0.1) is 33.7 Å². The van der Waals surface area contributed by atoms with Crippen LogP contribution in [0.25, 0.3) is 4.96 Å². The van der Waals surface area contributed by atoms with E-state index >= 15 is 0 Å². The molecule has 2 aromatic heterocycles. The minimum Gasteiger partial charge on any atom is -0.378 e. The minimum atomic E-state index is 0.549. The average Bonchev–Trinajstić information content (AvgIpc) is 2.93. The van der Waals surface area contributed by atoms with E-state index in [0.717, 1.165) is 22.0 Å². The van der Waals surface area contributed by atoms with Gasteiger partial charge >= 0.3 is 0 Å². The molecule has 0 aliphatic rings. The van der Waals surface area contributed by atoms with Gasteiger partial charge < -0.3 is 5.32 Å². The van der Waals surface area contributed by atoms with E-state index in [-0.39, 0.29) is 0 Å². The monoisotopic (exact) mass is 311 g/mol. The van der Waals surface area contributed by atoms with Crippen molar-refractivity contribution in [2.45, 2.75) is 13.5 Å². The minimum absolute atomic E-state index is 0.549. The van der Waals surface area contributed by atoms with Crippen molar-refractivity contribution in [3.05, 3.63) is 51.2 Å². The molecule has 3 aromatic rings. The Hall–Kier alpha value is -1.23. The summed E-state index contributed by atoms with van der Waals surface area (Å²) in [5.74, 6) is 0. The number of nitrogens with one attached hydrogen (secondary N) is 1. The van der Waals surface area contributed by atoms with Crippen LogP contribution in [0, 0.1) is 6.92 Å². The van der Waals surface area contributed by atoms with Crippen LogP contribution in [-0.2, 0) is 6.54 Å². The number of benzene rings is 1. The maximum atomic E-state index is 6.16. The number of thiazole rings is 1. The molecule has 0 unspecified atom stereocenters. The molecule has 1 N–H and O–H groups in total. The summed E-state index contributed by atoms with van der Waals surface area (Å²) in [4.78, 5) is 5.51. The van der Waals surface area contributed by atoms with E-state index in [1.54, 1.807) is 17.4 Å². The van der Waals surface area contributed by atoms with Gasteiger partial charge in [0, 0.05) is 11.6 Å². The van der Waals surface area contributed by atoms with Crippen molar-refractivity contribution in [3.63, 3.8) is 0 Å². The number of hydrogen-bond acceptors (Lipinski definition) is 3. The van der Waals surface area contributed by atoms with Gasteiger partial charge in [0.2, 0.25) is 0 Å². The first-order chi connectivity index (χ1) is 9.16. The SMILES string of the molecule is Cc1nc2sccn2c1CNc1cccc(Cl)c1Cl. The van der Waals surface area contributed by atoms with Crippen LogP contribution in [0.15, 0.2) is 29.8 Å². The number of hydrogen-bond donors (Lipinski definition) is 1. The standard InChI is InChI=1S/C13H11Cl2N3S/c1-8-11(18-5-6-19-13(18)17-8)7-16-10-4-2-3-9(14)12(10)15/h2-6,16H,7H2,1H3. The normalized spacial score (nSPS) is 11.1. The van der Waals surface area contributed by atoms with E-state index in [2.05, 4.69) is 14.7 Å². The maximum absolute atomic E-state index is 6.16. The van der Waals surface area contributed by atoms with Crippen LogP contribution in [-0.4, -0.2) is 9.38 Å². The van der Waals surface area contributed by atoms with Crippen molar-refractivity contribution < 1.29 is 0 Å². The van der Waals surface area contributed by atoms with E-state index in [4.69, 9.17) is 23.2 Å². The molecular formula is C13H11Cl2N3S. The number of aromatic nitrogens is 2. The third kappa shape index (κ3) is 2.31. The number of imidazole rings is 1. The Morgan fingerprint density at radius 2 is 2.21 bits per heavy atom. The number of aryl methyl sites for hydroxylation is 1. The van der Waals surface area contributed by atoms with Gasteiger partial charge in [0.15, 0.2) is 4.96 Å². The summed E-state index contributed by atoms with van der Waals surface area (Å²) in [7, 11) is 0. The molecule has 0 amide bonds. The second kappa shape index (κ2) is 5.04. The first kappa shape index (κ1) is 12.8. The Balaban J connectivity index is 1.88. The molecule has 0 spiro atoms. The van der Waals surface area contributed by atoms with E-state index in [1.165, 1.54) is 0 Å². The lowest BCUT2D eigenvalue weighted by atomic mass is 10.3.